The quantitative estimate of drug-likeness (QED) is 0.126. The van der Waals surface area contributed by atoms with Crippen molar-refractivity contribution in [3.05, 3.63) is 243 Å². The van der Waals surface area contributed by atoms with Gasteiger partial charge in [-0.05, 0) is 136 Å². The van der Waals surface area contributed by atoms with Crippen LogP contribution in [0.3, 0.4) is 0 Å². The van der Waals surface area contributed by atoms with Crippen LogP contribution in [0, 0.1) is 0 Å². The van der Waals surface area contributed by atoms with Crippen molar-refractivity contribution < 1.29 is 0 Å². The molecule has 12 aromatic rings. The molecule has 70 heavy (non-hydrogen) atoms. The van der Waals surface area contributed by atoms with Gasteiger partial charge in [0.1, 0.15) is 0 Å². The van der Waals surface area contributed by atoms with Crippen molar-refractivity contribution in [1.29, 1.82) is 0 Å². The number of benzene rings is 12. The van der Waals surface area contributed by atoms with E-state index in [-0.39, 0.29) is 13.4 Å². The van der Waals surface area contributed by atoms with Gasteiger partial charge in [0.25, 0.3) is 0 Å². The van der Waals surface area contributed by atoms with E-state index in [9.17, 15) is 0 Å². The summed E-state index contributed by atoms with van der Waals surface area (Å²) in [7, 11) is 0. The van der Waals surface area contributed by atoms with E-state index >= 15 is 0 Å². The Balaban J connectivity index is 1.13. The van der Waals surface area contributed by atoms with Crippen molar-refractivity contribution in [1.82, 2.24) is 0 Å². The largest absolute Gasteiger partial charge is 0.311 e. The summed E-state index contributed by atoms with van der Waals surface area (Å²) in [5.41, 5.74) is 25.7. The molecule has 0 spiro atoms. The maximum absolute atomic E-state index is 2.61. The van der Waals surface area contributed by atoms with Gasteiger partial charge in [-0.25, -0.2) is 0 Å². The Bertz CT molecular complexity index is 4190. The summed E-state index contributed by atoms with van der Waals surface area (Å²) in [6, 6.07) is 91.3. The Morgan fingerprint density at radius 2 is 0.829 bits per heavy atom. The molecular weight excluding hydrogens is 842 g/mol. The molecule has 4 aliphatic rings. The fourth-order valence-corrected chi connectivity index (χ4v) is 13.3. The third-order valence-corrected chi connectivity index (χ3v) is 16.0. The van der Waals surface area contributed by atoms with E-state index in [2.05, 4.69) is 252 Å². The highest BCUT2D eigenvalue weighted by atomic mass is 15.2. The predicted molar refractivity (Wildman–Crippen MR) is 299 cm³/mol. The molecule has 0 saturated heterocycles. The Morgan fingerprint density at radius 1 is 0.286 bits per heavy atom. The lowest BCUT2D eigenvalue weighted by Gasteiger charge is -2.47. The van der Waals surface area contributed by atoms with Crippen LogP contribution < -0.4 is 42.6 Å². The lowest BCUT2D eigenvalue weighted by molar-refractivity contribution is 1.27. The molecule has 2 nitrogen and oxygen atoms in total. The van der Waals surface area contributed by atoms with Crippen LogP contribution in [0.25, 0.3) is 76.8 Å². The zero-order valence-corrected chi connectivity index (χ0v) is 38.1. The molecule has 0 amide bonds. The van der Waals surface area contributed by atoms with Gasteiger partial charge in [-0.2, -0.15) is 0 Å². The molecular formula is C66H40B2N2. The zero-order valence-electron chi connectivity index (χ0n) is 38.1. The Labute approximate surface area is 407 Å². The van der Waals surface area contributed by atoms with Gasteiger partial charge >= 0.3 is 0 Å². The van der Waals surface area contributed by atoms with Crippen molar-refractivity contribution >= 4 is 113 Å². The second-order valence-electron chi connectivity index (χ2n) is 19.4. The molecule has 12 aromatic carbocycles. The van der Waals surface area contributed by atoms with Crippen LogP contribution in [0.5, 0.6) is 0 Å². The van der Waals surface area contributed by atoms with Gasteiger partial charge in [0.2, 0.25) is 13.4 Å². The lowest BCUT2D eigenvalue weighted by atomic mass is 9.26. The Kier molecular flexibility index (Phi) is 7.81. The van der Waals surface area contributed by atoms with E-state index in [4.69, 9.17) is 0 Å². The molecule has 320 valence electrons. The lowest BCUT2D eigenvalue weighted by Crippen LogP contribution is -2.66. The molecule has 4 heterocycles. The van der Waals surface area contributed by atoms with Crippen molar-refractivity contribution in [3.63, 3.8) is 0 Å². The number of para-hydroxylation sites is 3. The van der Waals surface area contributed by atoms with Crippen molar-refractivity contribution in [3.8, 4) is 44.5 Å². The molecule has 0 saturated carbocycles. The summed E-state index contributed by atoms with van der Waals surface area (Å²) >= 11 is 0. The predicted octanol–water partition coefficient (Wildman–Crippen LogP) is 13.0. The smallest absolute Gasteiger partial charge is 0.248 e. The fraction of sp³-hybridized carbons (Fsp3) is 0. The normalized spacial score (nSPS) is 13.3. The van der Waals surface area contributed by atoms with Gasteiger partial charge in [-0.15, -0.1) is 0 Å². The zero-order chi connectivity index (χ0) is 45.6. The summed E-state index contributed by atoms with van der Waals surface area (Å²) < 4.78 is 0. The first-order valence-corrected chi connectivity index (χ1v) is 24.6. The topological polar surface area (TPSA) is 6.48 Å². The number of hydrogen-bond donors (Lipinski definition) is 0. The number of rotatable bonds is 5. The number of fused-ring (bicyclic) bond motifs is 8. The van der Waals surface area contributed by atoms with Crippen LogP contribution in [-0.4, -0.2) is 13.4 Å². The highest BCUT2D eigenvalue weighted by molar-refractivity contribution is 7.05. The third kappa shape index (κ3) is 5.04. The summed E-state index contributed by atoms with van der Waals surface area (Å²) in [4.78, 5) is 5.17. The van der Waals surface area contributed by atoms with Crippen LogP contribution in [-0.2, 0) is 0 Å². The second kappa shape index (κ2) is 14.3. The van der Waals surface area contributed by atoms with E-state index < -0.39 is 0 Å². The van der Waals surface area contributed by atoms with E-state index in [1.165, 1.54) is 132 Å². The van der Waals surface area contributed by atoms with E-state index in [0.29, 0.717) is 0 Å². The third-order valence-electron chi connectivity index (χ3n) is 16.0. The minimum absolute atomic E-state index is 0.00583. The summed E-state index contributed by atoms with van der Waals surface area (Å²) in [6.45, 7) is -0.0137. The molecule has 0 atom stereocenters. The summed E-state index contributed by atoms with van der Waals surface area (Å²) in [6.07, 6.45) is 0. The SMILES string of the molecule is c1ccc(-c2ccc(-c3ccccc3)c(-c3c4cccc5c4c4c6c(cccc36)B3c6ccc7ccccc7c6N(c6ccccc6)c6cc7c(c-4c63)B5c3ccccc3N7c3ccccc3)c2)cc1. The van der Waals surface area contributed by atoms with Crippen LogP contribution in [0.1, 0.15) is 0 Å². The Hall–Kier alpha value is -8.85. The number of anilines is 6. The van der Waals surface area contributed by atoms with Crippen LogP contribution in [0.4, 0.5) is 34.1 Å². The molecule has 0 aromatic heterocycles. The maximum Gasteiger partial charge on any atom is 0.248 e. The molecule has 4 heteroatoms. The van der Waals surface area contributed by atoms with Gasteiger partial charge in [0, 0.05) is 39.5 Å². The first-order chi connectivity index (χ1) is 34.8. The minimum Gasteiger partial charge on any atom is -0.311 e. The second-order valence-corrected chi connectivity index (χ2v) is 19.4. The van der Waals surface area contributed by atoms with Gasteiger partial charge in [-0.3, -0.25) is 0 Å². The molecule has 4 aliphatic heterocycles. The minimum atomic E-state index is -0.0196. The van der Waals surface area contributed by atoms with Crippen molar-refractivity contribution in [2.45, 2.75) is 0 Å². The summed E-state index contributed by atoms with van der Waals surface area (Å²) in [5, 5.41) is 7.84. The Morgan fingerprint density at radius 3 is 1.53 bits per heavy atom. The average molecular weight is 883 g/mol. The molecule has 0 aliphatic carbocycles. The van der Waals surface area contributed by atoms with Crippen LogP contribution >= 0.6 is 0 Å². The van der Waals surface area contributed by atoms with Crippen molar-refractivity contribution in [2.75, 3.05) is 9.80 Å². The monoisotopic (exact) mass is 882 g/mol. The average Bonchev–Trinajstić information content (AvgIpc) is 3.44. The fourth-order valence-electron chi connectivity index (χ4n) is 13.3. The van der Waals surface area contributed by atoms with Gasteiger partial charge in [-0.1, -0.05) is 211 Å². The first-order valence-electron chi connectivity index (χ1n) is 24.6. The number of hydrogen-bond acceptors (Lipinski definition) is 2. The molecule has 16 rings (SSSR count). The first kappa shape index (κ1) is 38.2. The van der Waals surface area contributed by atoms with Gasteiger partial charge in [0.15, 0.2) is 0 Å². The standard InChI is InChI=1S/C66H40B2N2/c1-5-19-41(20-6-1)44-35-37-47(42-21-7-2-8-22-42)51(39-44)59-49-29-17-32-53-60(49)62-61-50(59)30-18-33-54(61)68-55-38-36-43-23-13-14-28-48(43)66(55)70(46-26-11-4-12-27-46)58-40-57-64(63(62)65(58)68)67(53)52-31-15-16-34-56(52)69(57)45-24-9-3-10-25-45/h1-40H. The van der Waals surface area contributed by atoms with Gasteiger partial charge in [0.05, 0.1) is 0 Å². The van der Waals surface area contributed by atoms with E-state index in [0.717, 1.165) is 11.4 Å². The van der Waals surface area contributed by atoms with E-state index in [1.807, 2.05) is 0 Å². The maximum atomic E-state index is 2.61. The van der Waals surface area contributed by atoms with Gasteiger partial charge < -0.3 is 9.80 Å². The van der Waals surface area contributed by atoms with Crippen molar-refractivity contribution in [2.24, 2.45) is 0 Å². The van der Waals surface area contributed by atoms with E-state index in [1.54, 1.807) is 0 Å². The molecule has 0 fully saturated rings. The van der Waals surface area contributed by atoms with Crippen LogP contribution in [0.2, 0.25) is 0 Å². The highest BCUT2D eigenvalue weighted by Gasteiger charge is 2.50. The molecule has 0 unspecified atom stereocenters. The van der Waals surface area contributed by atoms with Crippen LogP contribution in [0.15, 0.2) is 243 Å². The molecule has 0 radical (unpaired) electrons. The molecule has 0 bridgehead atoms. The number of nitrogens with zero attached hydrogens (tertiary/aromatic N) is 2. The highest BCUT2D eigenvalue weighted by Crippen LogP contribution is 2.53. The molecule has 0 N–H and O–H groups in total. The summed E-state index contributed by atoms with van der Waals surface area (Å²) in [5.74, 6) is 0.